The number of piperidine rings is 1. The fourth-order valence-electron chi connectivity index (χ4n) is 3.07. The molecule has 0 aromatic rings. The first-order valence-corrected chi connectivity index (χ1v) is 6.66. The lowest BCUT2D eigenvalue weighted by molar-refractivity contribution is 0.0992. The van der Waals surface area contributed by atoms with Crippen LogP contribution in [0.2, 0.25) is 0 Å². The zero-order valence-corrected chi connectivity index (χ0v) is 10.5. The molecule has 2 heterocycles. The topological polar surface area (TPSA) is 15.3 Å². The van der Waals surface area contributed by atoms with Crippen molar-refractivity contribution in [3.05, 3.63) is 0 Å². The number of hydrogen-bond acceptors (Lipinski definition) is 2. The van der Waals surface area contributed by atoms with E-state index < -0.39 is 0 Å². The fourth-order valence-corrected chi connectivity index (χ4v) is 3.07. The third kappa shape index (κ3) is 2.54. The lowest BCUT2D eigenvalue weighted by Crippen LogP contribution is -2.48. The van der Waals surface area contributed by atoms with Gasteiger partial charge in [0.25, 0.3) is 0 Å². The van der Waals surface area contributed by atoms with Crippen molar-refractivity contribution in [3.63, 3.8) is 0 Å². The average molecular weight is 210 g/mol. The van der Waals surface area contributed by atoms with E-state index in [9.17, 15) is 0 Å². The Labute approximate surface area is 94.4 Å². The molecule has 2 aliphatic heterocycles. The van der Waals surface area contributed by atoms with Crippen molar-refractivity contribution >= 4 is 0 Å². The van der Waals surface area contributed by atoms with E-state index in [0.29, 0.717) is 0 Å². The van der Waals surface area contributed by atoms with Crippen LogP contribution in [0.15, 0.2) is 0 Å². The van der Waals surface area contributed by atoms with Gasteiger partial charge < -0.3 is 5.32 Å². The van der Waals surface area contributed by atoms with Crippen molar-refractivity contribution in [2.24, 2.45) is 11.8 Å². The van der Waals surface area contributed by atoms with Gasteiger partial charge in [-0.05, 0) is 51.1 Å². The van der Waals surface area contributed by atoms with Gasteiger partial charge in [0.15, 0.2) is 0 Å². The minimum Gasteiger partial charge on any atom is -0.312 e. The minimum atomic E-state index is 0.748. The van der Waals surface area contributed by atoms with Gasteiger partial charge in [-0.25, -0.2) is 0 Å². The number of nitrogens with one attached hydrogen (secondary N) is 1. The molecule has 4 unspecified atom stereocenters. The van der Waals surface area contributed by atoms with Crippen LogP contribution in [-0.4, -0.2) is 36.6 Å². The SMILES string of the molecule is CC1CCNC1CN1CCCC(C)C1C. The summed E-state index contributed by atoms with van der Waals surface area (Å²) in [6, 6.07) is 1.53. The highest BCUT2D eigenvalue weighted by Crippen LogP contribution is 2.25. The van der Waals surface area contributed by atoms with Gasteiger partial charge in [-0.3, -0.25) is 4.90 Å². The van der Waals surface area contributed by atoms with Gasteiger partial charge in [-0.15, -0.1) is 0 Å². The quantitative estimate of drug-likeness (QED) is 0.751. The number of hydrogen-bond donors (Lipinski definition) is 1. The van der Waals surface area contributed by atoms with E-state index in [0.717, 1.165) is 23.9 Å². The maximum absolute atomic E-state index is 3.65. The third-order valence-corrected chi connectivity index (χ3v) is 4.63. The fraction of sp³-hybridized carbons (Fsp3) is 1.00. The van der Waals surface area contributed by atoms with Gasteiger partial charge in [0.2, 0.25) is 0 Å². The summed E-state index contributed by atoms with van der Waals surface area (Å²) < 4.78 is 0. The van der Waals surface area contributed by atoms with Crippen LogP contribution in [0.3, 0.4) is 0 Å². The predicted molar refractivity (Wildman–Crippen MR) is 65.0 cm³/mol. The summed E-state index contributed by atoms with van der Waals surface area (Å²) in [5, 5.41) is 3.65. The first kappa shape index (κ1) is 11.4. The molecule has 0 spiro atoms. The molecule has 2 aliphatic rings. The molecule has 15 heavy (non-hydrogen) atoms. The van der Waals surface area contributed by atoms with Crippen molar-refractivity contribution in [1.82, 2.24) is 10.2 Å². The third-order valence-electron chi connectivity index (χ3n) is 4.63. The van der Waals surface area contributed by atoms with Crippen molar-refractivity contribution in [3.8, 4) is 0 Å². The summed E-state index contributed by atoms with van der Waals surface area (Å²) in [5.41, 5.74) is 0. The van der Waals surface area contributed by atoms with Gasteiger partial charge >= 0.3 is 0 Å². The lowest BCUT2D eigenvalue weighted by Gasteiger charge is -2.39. The van der Waals surface area contributed by atoms with Crippen LogP contribution >= 0.6 is 0 Å². The van der Waals surface area contributed by atoms with Crippen molar-refractivity contribution < 1.29 is 0 Å². The Balaban J connectivity index is 1.87. The highest BCUT2D eigenvalue weighted by molar-refractivity contribution is 4.87. The van der Waals surface area contributed by atoms with Crippen LogP contribution in [0.5, 0.6) is 0 Å². The van der Waals surface area contributed by atoms with Gasteiger partial charge in [0.1, 0.15) is 0 Å². The van der Waals surface area contributed by atoms with E-state index in [1.807, 2.05) is 0 Å². The second kappa shape index (κ2) is 4.84. The average Bonchev–Trinajstić information content (AvgIpc) is 2.60. The van der Waals surface area contributed by atoms with Gasteiger partial charge in [-0.1, -0.05) is 13.8 Å². The molecule has 0 aliphatic carbocycles. The number of likely N-dealkylation sites (tertiary alicyclic amines) is 1. The van der Waals surface area contributed by atoms with Gasteiger partial charge in [-0.2, -0.15) is 0 Å². The molecule has 2 nitrogen and oxygen atoms in total. The van der Waals surface area contributed by atoms with Crippen molar-refractivity contribution in [2.75, 3.05) is 19.6 Å². The summed E-state index contributed by atoms with van der Waals surface area (Å²) in [5.74, 6) is 1.75. The molecule has 88 valence electrons. The van der Waals surface area contributed by atoms with E-state index in [-0.39, 0.29) is 0 Å². The summed E-state index contributed by atoms with van der Waals surface area (Å²) in [7, 11) is 0. The molecule has 1 N–H and O–H groups in total. The Morgan fingerprint density at radius 2 is 1.93 bits per heavy atom. The highest BCUT2D eigenvalue weighted by Gasteiger charge is 2.30. The van der Waals surface area contributed by atoms with E-state index in [1.165, 1.54) is 38.9 Å². The lowest BCUT2D eigenvalue weighted by atomic mass is 9.91. The summed E-state index contributed by atoms with van der Waals surface area (Å²) in [6.45, 7) is 11.0. The van der Waals surface area contributed by atoms with Crippen LogP contribution in [0.25, 0.3) is 0 Å². The largest absolute Gasteiger partial charge is 0.312 e. The summed E-state index contributed by atoms with van der Waals surface area (Å²) in [6.07, 6.45) is 4.18. The van der Waals surface area contributed by atoms with Crippen LogP contribution in [-0.2, 0) is 0 Å². The molecule has 2 saturated heterocycles. The molecule has 0 radical (unpaired) electrons. The van der Waals surface area contributed by atoms with Crippen LogP contribution in [0, 0.1) is 11.8 Å². The van der Waals surface area contributed by atoms with E-state index in [2.05, 4.69) is 31.0 Å². The number of rotatable bonds is 2. The summed E-state index contributed by atoms with van der Waals surface area (Å²) >= 11 is 0. The summed E-state index contributed by atoms with van der Waals surface area (Å²) in [4.78, 5) is 2.70. The first-order chi connectivity index (χ1) is 7.18. The monoisotopic (exact) mass is 210 g/mol. The normalized spacial score (nSPS) is 43.4. The Hall–Kier alpha value is -0.0800. The smallest absolute Gasteiger partial charge is 0.0221 e. The Morgan fingerprint density at radius 1 is 1.13 bits per heavy atom. The molecule has 0 aromatic carbocycles. The van der Waals surface area contributed by atoms with E-state index >= 15 is 0 Å². The maximum atomic E-state index is 3.65. The molecule has 0 bridgehead atoms. The molecule has 4 atom stereocenters. The molecule has 2 rings (SSSR count). The Kier molecular flexibility index (Phi) is 3.68. The molecular formula is C13H26N2. The molecule has 0 amide bonds. The van der Waals surface area contributed by atoms with Crippen LogP contribution < -0.4 is 5.32 Å². The zero-order valence-electron chi connectivity index (χ0n) is 10.5. The molecule has 2 heteroatoms. The Morgan fingerprint density at radius 3 is 2.60 bits per heavy atom. The van der Waals surface area contributed by atoms with Crippen molar-refractivity contribution in [1.29, 1.82) is 0 Å². The van der Waals surface area contributed by atoms with Gasteiger partial charge in [0, 0.05) is 18.6 Å². The van der Waals surface area contributed by atoms with Crippen molar-refractivity contribution in [2.45, 2.75) is 52.1 Å². The van der Waals surface area contributed by atoms with Crippen LogP contribution in [0.1, 0.15) is 40.0 Å². The van der Waals surface area contributed by atoms with E-state index in [4.69, 9.17) is 0 Å². The molecule has 0 saturated carbocycles. The molecule has 2 fully saturated rings. The number of nitrogens with zero attached hydrogens (tertiary/aromatic N) is 1. The molecule has 0 aromatic heterocycles. The highest BCUT2D eigenvalue weighted by atomic mass is 15.2. The zero-order chi connectivity index (χ0) is 10.8. The standard InChI is InChI=1S/C13H26N2/c1-10-5-4-8-15(12(10)3)9-13-11(2)6-7-14-13/h10-14H,4-9H2,1-3H3. The molecular weight excluding hydrogens is 184 g/mol. The second-order valence-electron chi connectivity index (χ2n) is 5.68. The van der Waals surface area contributed by atoms with Gasteiger partial charge in [0.05, 0.1) is 0 Å². The first-order valence-electron chi connectivity index (χ1n) is 6.66. The second-order valence-corrected chi connectivity index (χ2v) is 5.68. The van der Waals surface area contributed by atoms with Crippen LogP contribution in [0.4, 0.5) is 0 Å². The maximum Gasteiger partial charge on any atom is 0.0221 e. The Bertz CT molecular complexity index is 205. The van der Waals surface area contributed by atoms with E-state index in [1.54, 1.807) is 0 Å². The minimum absolute atomic E-state index is 0.748. The predicted octanol–water partition coefficient (Wildman–Crippen LogP) is 2.10.